The number of rotatable bonds is 2. The maximum Gasteiger partial charge on any atom is 0.309 e. The van der Waals surface area contributed by atoms with Crippen molar-refractivity contribution in [2.75, 3.05) is 0 Å². The van der Waals surface area contributed by atoms with Crippen molar-refractivity contribution in [1.82, 2.24) is 0 Å². The molecule has 57 heavy (non-hydrogen) atoms. The standard InChI is InChI=1S/C43H70O13S/c1-25-9-7-12-30-13-8-10-28(4)43(30)18-17-29-21-31(43)11-5-6-14-35(54-37(47)24-34(46)23-33(45)22-29)38(48)26(2)20-36-42(56-57(51,52)53)40(50)39(49)41(55-36)27(3)19-32(44)16-15-25/h6,13-14,21,25-28,31-36,38-42,44-46,48-50H,5,7-12,15-20,22-24H2,1-4H3,(H,51,52,53)/p-1/b14-6-/t25?,26?,27?,28?,31?,32?,33-,34-,35-,36?,38+,39?,40?,41?,42?,43?/m0/s1. The molecule has 1 spiro atoms. The van der Waals surface area contributed by atoms with Crippen LogP contribution in [0.1, 0.15) is 130 Å². The molecule has 0 aromatic rings. The Hall–Kier alpha value is -1.72. The zero-order chi connectivity index (χ0) is 41.7. The Bertz CT molecular complexity index is 1530. The molecule has 0 aromatic heterocycles. The number of carbonyl (C=O) groups is 1. The van der Waals surface area contributed by atoms with Crippen LogP contribution in [0.5, 0.6) is 0 Å². The van der Waals surface area contributed by atoms with Gasteiger partial charge in [0.25, 0.3) is 0 Å². The average molecular weight is 826 g/mol. The SMILES string of the molecule is CC1CCCC2=CCCC(C)C23CCC2=CC3CC/C=C\[C@H](OC(=O)C[C@@H](O)C[C@@H](O)C2)[C@H](O)C(C)CC2OC(C(C)CC(O)CC1)C(O)C(O)C2OS(=O)(=O)[O-]. The van der Waals surface area contributed by atoms with Gasteiger partial charge in [-0.2, -0.15) is 0 Å². The maximum absolute atomic E-state index is 13.2. The van der Waals surface area contributed by atoms with Crippen molar-refractivity contribution in [2.45, 2.75) is 191 Å². The Labute approximate surface area is 339 Å². The van der Waals surface area contributed by atoms with E-state index in [1.165, 1.54) is 11.1 Å². The fraction of sp³-hybridized carbons (Fsp3) is 0.837. The van der Waals surface area contributed by atoms with E-state index in [1.807, 2.05) is 6.08 Å². The molecule has 5 aliphatic rings. The number of carbonyl (C=O) groups excluding carboxylic acids is 1. The topological polar surface area (TPSA) is 223 Å². The molecule has 5 rings (SSSR count). The van der Waals surface area contributed by atoms with Gasteiger partial charge in [0.05, 0.1) is 43.0 Å². The Morgan fingerprint density at radius 2 is 1.54 bits per heavy atom. The second-order valence-corrected chi connectivity index (χ2v) is 19.3. The summed E-state index contributed by atoms with van der Waals surface area (Å²) in [6.45, 7) is 7.95. The van der Waals surface area contributed by atoms with E-state index in [0.29, 0.717) is 31.1 Å². The molecule has 0 amide bonds. The fourth-order valence-electron chi connectivity index (χ4n) is 10.8. The summed E-state index contributed by atoms with van der Waals surface area (Å²) in [5, 5.41) is 67.1. The van der Waals surface area contributed by atoms with Gasteiger partial charge in [0.15, 0.2) is 0 Å². The first-order valence-electron chi connectivity index (χ1n) is 21.5. The van der Waals surface area contributed by atoms with Gasteiger partial charge < -0.3 is 44.7 Å². The summed E-state index contributed by atoms with van der Waals surface area (Å²) < 4.78 is 52.1. The van der Waals surface area contributed by atoms with Crippen molar-refractivity contribution in [1.29, 1.82) is 0 Å². The summed E-state index contributed by atoms with van der Waals surface area (Å²) in [7, 11) is -5.36. The van der Waals surface area contributed by atoms with E-state index in [2.05, 4.69) is 26.0 Å². The molecular formula is C43H69O13S-. The maximum atomic E-state index is 13.2. The van der Waals surface area contributed by atoms with Crippen LogP contribution in [0.25, 0.3) is 0 Å². The summed E-state index contributed by atoms with van der Waals surface area (Å²) >= 11 is 0. The summed E-state index contributed by atoms with van der Waals surface area (Å²) in [5.74, 6) is -1.10. The van der Waals surface area contributed by atoms with Crippen molar-refractivity contribution >= 4 is 16.4 Å². The van der Waals surface area contributed by atoms with E-state index in [-0.39, 0.29) is 30.6 Å². The zero-order valence-corrected chi connectivity index (χ0v) is 35.0. The minimum Gasteiger partial charge on any atom is -0.726 e. The molecule has 326 valence electrons. The summed E-state index contributed by atoms with van der Waals surface area (Å²) in [4.78, 5) is 13.2. The number of allylic oxidation sites excluding steroid dienone is 4. The van der Waals surface area contributed by atoms with Crippen molar-refractivity contribution < 1.29 is 62.1 Å². The van der Waals surface area contributed by atoms with E-state index >= 15 is 0 Å². The highest BCUT2D eigenvalue weighted by molar-refractivity contribution is 7.80. The number of hydrogen-bond acceptors (Lipinski definition) is 13. The fourth-order valence-corrected chi connectivity index (χ4v) is 11.3. The molecule has 0 aromatic carbocycles. The molecule has 13 nitrogen and oxygen atoms in total. The number of aliphatic hydroxyl groups excluding tert-OH is 6. The lowest BCUT2D eigenvalue weighted by Gasteiger charge is -2.52. The molecule has 0 radical (unpaired) electrons. The molecule has 14 heteroatoms. The lowest BCUT2D eigenvalue weighted by Crippen LogP contribution is -2.61. The second-order valence-electron chi connectivity index (χ2n) is 18.3. The van der Waals surface area contributed by atoms with Gasteiger partial charge in [-0.3, -0.25) is 8.98 Å². The first-order valence-corrected chi connectivity index (χ1v) is 22.8. The van der Waals surface area contributed by atoms with E-state index in [9.17, 15) is 48.4 Å². The smallest absolute Gasteiger partial charge is 0.309 e. The molecule has 2 aliphatic carbocycles. The Morgan fingerprint density at radius 3 is 2.28 bits per heavy atom. The average Bonchev–Trinajstić information content (AvgIpc) is 3.12. The lowest BCUT2D eigenvalue weighted by atomic mass is 9.53. The minimum absolute atomic E-state index is 0.0186. The van der Waals surface area contributed by atoms with Crippen LogP contribution in [0.3, 0.4) is 0 Å². The highest BCUT2D eigenvalue weighted by atomic mass is 32.3. The van der Waals surface area contributed by atoms with Gasteiger partial charge >= 0.3 is 5.97 Å². The van der Waals surface area contributed by atoms with E-state index in [4.69, 9.17) is 13.7 Å². The second kappa shape index (κ2) is 20.2. The highest BCUT2D eigenvalue weighted by Crippen LogP contribution is 2.57. The molecule has 6 N–H and O–H groups in total. The van der Waals surface area contributed by atoms with Gasteiger partial charge in [0.2, 0.25) is 10.4 Å². The number of fused-ring (bicyclic) bond motifs is 5. The number of ether oxygens (including phenoxy) is 2. The number of esters is 1. The number of aliphatic hydroxyl groups is 6. The molecule has 12 unspecified atom stereocenters. The van der Waals surface area contributed by atoms with Crippen molar-refractivity contribution in [3.63, 3.8) is 0 Å². The van der Waals surface area contributed by atoms with Crippen LogP contribution in [0.4, 0.5) is 0 Å². The van der Waals surface area contributed by atoms with E-state index in [0.717, 1.165) is 57.8 Å². The van der Waals surface area contributed by atoms with E-state index in [1.54, 1.807) is 19.9 Å². The lowest BCUT2D eigenvalue weighted by molar-refractivity contribution is -0.234. The van der Waals surface area contributed by atoms with Gasteiger partial charge in [0.1, 0.15) is 24.4 Å². The van der Waals surface area contributed by atoms with Crippen LogP contribution in [0.2, 0.25) is 0 Å². The molecule has 3 heterocycles. The molecule has 0 saturated carbocycles. The largest absolute Gasteiger partial charge is 0.726 e. The van der Waals surface area contributed by atoms with Gasteiger partial charge in [-0.25, -0.2) is 8.42 Å². The normalized spacial score (nSPS) is 44.5. The summed E-state index contributed by atoms with van der Waals surface area (Å²) in [6.07, 6.45) is 5.12. The van der Waals surface area contributed by atoms with Crippen LogP contribution in [-0.2, 0) is 28.9 Å². The quantitative estimate of drug-likeness (QED) is 0.0977. The molecule has 16 atom stereocenters. The van der Waals surface area contributed by atoms with Crippen molar-refractivity contribution in [2.24, 2.45) is 35.0 Å². The predicted molar refractivity (Wildman–Crippen MR) is 211 cm³/mol. The minimum atomic E-state index is -5.36. The van der Waals surface area contributed by atoms with Gasteiger partial charge in [-0.1, -0.05) is 63.5 Å². The highest BCUT2D eigenvalue weighted by Gasteiger charge is 2.50. The van der Waals surface area contributed by atoms with Gasteiger partial charge in [-0.15, -0.1) is 0 Å². The first kappa shape index (κ1) is 46.3. The van der Waals surface area contributed by atoms with E-state index < -0.39 is 95.7 Å². The monoisotopic (exact) mass is 825 g/mol. The Morgan fingerprint density at radius 1 is 0.807 bits per heavy atom. The first-order chi connectivity index (χ1) is 26.9. The third-order valence-corrected chi connectivity index (χ3v) is 14.4. The van der Waals surface area contributed by atoms with Crippen LogP contribution in [0.15, 0.2) is 35.5 Å². The van der Waals surface area contributed by atoms with Crippen LogP contribution >= 0.6 is 0 Å². The van der Waals surface area contributed by atoms with Crippen LogP contribution in [0, 0.1) is 35.0 Å². The number of hydrogen-bond donors (Lipinski definition) is 6. The van der Waals surface area contributed by atoms with Gasteiger partial charge in [-0.05, 0) is 119 Å². The van der Waals surface area contributed by atoms with Gasteiger partial charge in [0, 0.05) is 11.8 Å². The predicted octanol–water partition coefficient (Wildman–Crippen LogP) is 4.53. The van der Waals surface area contributed by atoms with Crippen LogP contribution < -0.4 is 0 Å². The van der Waals surface area contributed by atoms with Crippen molar-refractivity contribution in [3.05, 3.63) is 35.5 Å². The molecule has 1 saturated heterocycles. The Balaban J connectivity index is 1.51. The molecule has 5 bridgehead atoms. The summed E-state index contributed by atoms with van der Waals surface area (Å²) in [5.41, 5.74) is 2.64. The molecular weight excluding hydrogens is 757 g/mol. The molecule has 3 aliphatic heterocycles. The van der Waals surface area contributed by atoms with Crippen LogP contribution in [-0.4, -0.2) is 111 Å². The van der Waals surface area contributed by atoms with Crippen molar-refractivity contribution in [3.8, 4) is 0 Å². The Kier molecular flexibility index (Phi) is 16.4. The summed E-state index contributed by atoms with van der Waals surface area (Å²) in [6, 6.07) is 0. The zero-order valence-electron chi connectivity index (χ0n) is 34.2. The third-order valence-electron chi connectivity index (χ3n) is 13.9. The third kappa shape index (κ3) is 12.0. The molecule has 1 fully saturated rings.